The van der Waals surface area contributed by atoms with Gasteiger partial charge in [-0.05, 0) is 34.7 Å². The SMILES string of the molecule is O=C(O)Cn1nnnc1SCC(=O)Nc1ccc(Cl)cc1. The molecule has 0 radical (unpaired) electrons. The van der Waals surface area contributed by atoms with Gasteiger partial charge in [0, 0.05) is 10.7 Å². The van der Waals surface area contributed by atoms with E-state index in [4.69, 9.17) is 16.7 Å². The number of carbonyl (C=O) groups excluding carboxylic acids is 1. The van der Waals surface area contributed by atoms with Crippen molar-refractivity contribution in [3.63, 3.8) is 0 Å². The van der Waals surface area contributed by atoms with Crippen LogP contribution in [0.3, 0.4) is 0 Å². The van der Waals surface area contributed by atoms with Crippen molar-refractivity contribution >= 4 is 40.9 Å². The van der Waals surface area contributed by atoms with Gasteiger partial charge in [0.05, 0.1) is 5.75 Å². The van der Waals surface area contributed by atoms with Crippen LogP contribution in [-0.2, 0) is 16.1 Å². The second-order valence-corrected chi connectivity index (χ2v) is 5.24. The third-order valence-corrected chi connectivity index (χ3v) is 3.45. The summed E-state index contributed by atoms with van der Waals surface area (Å²) < 4.78 is 1.11. The zero-order valence-electron chi connectivity index (χ0n) is 10.6. The lowest BCUT2D eigenvalue weighted by atomic mass is 10.3. The van der Waals surface area contributed by atoms with E-state index in [1.807, 2.05) is 0 Å². The summed E-state index contributed by atoms with van der Waals surface area (Å²) in [5, 5.41) is 22.8. The third kappa shape index (κ3) is 4.72. The summed E-state index contributed by atoms with van der Waals surface area (Å²) in [6, 6.07) is 6.69. The number of anilines is 1. The molecular weight excluding hydrogens is 318 g/mol. The smallest absolute Gasteiger partial charge is 0.325 e. The van der Waals surface area contributed by atoms with Crippen LogP contribution < -0.4 is 5.32 Å². The fraction of sp³-hybridized carbons (Fsp3) is 0.182. The van der Waals surface area contributed by atoms with Crippen LogP contribution >= 0.6 is 23.4 Å². The third-order valence-electron chi connectivity index (χ3n) is 2.24. The Balaban J connectivity index is 1.88. The summed E-state index contributed by atoms with van der Waals surface area (Å²) in [6.45, 7) is -0.353. The first kappa shape index (κ1) is 15.3. The molecule has 8 nitrogen and oxygen atoms in total. The normalized spacial score (nSPS) is 10.3. The largest absolute Gasteiger partial charge is 0.480 e. The molecule has 1 heterocycles. The van der Waals surface area contributed by atoms with E-state index < -0.39 is 5.97 Å². The molecule has 0 saturated carbocycles. The number of carboxylic acids is 1. The number of halogens is 1. The summed E-state index contributed by atoms with van der Waals surface area (Å²) in [6.07, 6.45) is 0. The number of nitrogens with zero attached hydrogens (tertiary/aromatic N) is 4. The Hall–Kier alpha value is -2.13. The van der Waals surface area contributed by atoms with Crippen molar-refractivity contribution in [3.05, 3.63) is 29.3 Å². The molecule has 0 aliphatic heterocycles. The molecule has 1 amide bonds. The van der Waals surface area contributed by atoms with E-state index in [1.165, 1.54) is 0 Å². The molecule has 0 fully saturated rings. The topological polar surface area (TPSA) is 110 Å². The first-order valence-corrected chi connectivity index (χ1v) is 7.07. The predicted molar refractivity (Wildman–Crippen MR) is 76.3 cm³/mol. The van der Waals surface area contributed by atoms with Crippen LogP contribution in [0, 0.1) is 0 Å². The molecule has 10 heteroatoms. The molecule has 0 aliphatic carbocycles. The zero-order valence-corrected chi connectivity index (χ0v) is 12.1. The van der Waals surface area contributed by atoms with Gasteiger partial charge >= 0.3 is 5.97 Å². The number of rotatable bonds is 6. The highest BCUT2D eigenvalue weighted by Gasteiger charge is 2.12. The Labute approximate surface area is 128 Å². The van der Waals surface area contributed by atoms with Crippen LogP contribution in [0.1, 0.15) is 0 Å². The van der Waals surface area contributed by atoms with Gasteiger partial charge in [-0.25, -0.2) is 4.68 Å². The summed E-state index contributed by atoms with van der Waals surface area (Å²) in [5.74, 6) is -1.26. The molecule has 0 aliphatic rings. The lowest BCUT2D eigenvalue weighted by Crippen LogP contribution is -2.15. The van der Waals surface area contributed by atoms with Gasteiger partial charge in [0.25, 0.3) is 0 Å². The highest BCUT2D eigenvalue weighted by atomic mass is 35.5. The van der Waals surface area contributed by atoms with Gasteiger partial charge in [0.1, 0.15) is 6.54 Å². The van der Waals surface area contributed by atoms with Crippen molar-refractivity contribution in [2.45, 2.75) is 11.7 Å². The van der Waals surface area contributed by atoms with Crippen molar-refractivity contribution in [2.75, 3.05) is 11.1 Å². The van der Waals surface area contributed by atoms with Gasteiger partial charge in [-0.2, -0.15) is 0 Å². The first-order valence-electron chi connectivity index (χ1n) is 5.71. The van der Waals surface area contributed by atoms with E-state index in [9.17, 15) is 9.59 Å². The van der Waals surface area contributed by atoms with Crippen molar-refractivity contribution in [1.29, 1.82) is 0 Å². The quantitative estimate of drug-likeness (QED) is 0.765. The van der Waals surface area contributed by atoms with Gasteiger partial charge in [0.2, 0.25) is 11.1 Å². The molecule has 0 saturated heterocycles. The van der Waals surface area contributed by atoms with Crippen LogP contribution in [0.5, 0.6) is 0 Å². The number of carboxylic acid groups (broad SMARTS) is 1. The minimum atomic E-state index is -1.06. The van der Waals surface area contributed by atoms with Crippen LogP contribution in [-0.4, -0.2) is 42.9 Å². The lowest BCUT2D eigenvalue weighted by Gasteiger charge is -2.05. The van der Waals surface area contributed by atoms with Crippen LogP contribution in [0.2, 0.25) is 5.02 Å². The molecule has 0 bridgehead atoms. The van der Waals surface area contributed by atoms with Gasteiger partial charge in [-0.3, -0.25) is 9.59 Å². The first-order chi connectivity index (χ1) is 10.0. The molecule has 2 aromatic rings. The molecule has 110 valence electrons. The zero-order chi connectivity index (χ0) is 15.2. The molecule has 2 N–H and O–H groups in total. The van der Waals surface area contributed by atoms with E-state index in [1.54, 1.807) is 24.3 Å². The van der Waals surface area contributed by atoms with Gasteiger partial charge < -0.3 is 10.4 Å². The maximum absolute atomic E-state index is 11.8. The van der Waals surface area contributed by atoms with E-state index in [2.05, 4.69) is 20.8 Å². The van der Waals surface area contributed by atoms with Gasteiger partial charge in [-0.1, -0.05) is 23.4 Å². The number of thioether (sulfide) groups is 1. The molecule has 1 aromatic carbocycles. The summed E-state index contributed by atoms with van der Waals surface area (Å²) in [5.41, 5.74) is 0.620. The minimum absolute atomic E-state index is 0.0582. The average molecular weight is 328 g/mol. The summed E-state index contributed by atoms with van der Waals surface area (Å²) >= 11 is 6.80. The summed E-state index contributed by atoms with van der Waals surface area (Å²) in [4.78, 5) is 22.4. The Bertz CT molecular complexity index is 646. The number of nitrogens with one attached hydrogen (secondary N) is 1. The van der Waals surface area contributed by atoms with Crippen LogP contribution in [0.4, 0.5) is 5.69 Å². The van der Waals surface area contributed by atoms with E-state index in [-0.39, 0.29) is 23.4 Å². The molecule has 2 rings (SSSR count). The summed E-state index contributed by atoms with van der Waals surface area (Å²) in [7, 11) is 0. The Morgan fingerprint density at radius 1 is 1.33 bits per heavy atom. The second-order valence-electron chi connectivity index (χ2n) is 3.86. The van der Waals surface area contributed by atoms with E-state index in [0.717, 1.165) is 16.4 Å². The van der Waals surface area contributed by atoms with E-state index in [0.29, 0.717) is 10.7 Å². The molecule has 0 unspecified atom stereocenters. The molecule has 0 atom stereocenters. The number of aliphatic carboxylic acids is 1. The van der Waals surface area contributed by atoms with E-state index >= 15 is 0 Å². The Morgan fingerprint density at radius 3 is 2.71 bits per heavy atom. The van der Waals surface area contributed by atoms with Crippen LogP contribution in [0.15, 0.2) is 29.4 Å². The highest BCUT2D eigenvalue weighted by Crippen LogP contribution is 2.16. The average Bonchev–Trinajstić information content (AvgIpc) is 2.85. The number of hydrogen-bond donors (Lipinski definition) is 2. The minimum Gasteiger partial charge on any atom is -0.480 e. The lowest BCUT2D eigenvalue weighted by molar-refractivity contribution is -0.138. The number of hydrogen-bond acceptors (Lipinski definition) is 6. The number of benzene rings is 1. The number of tetrazole rings is 1. The second kappa shape index (κ2) is 7.04. The number of amides is 1. The van der Waals surface area contributed by atoms with Crippen molar-refractivity contribution in [1.82, 2.24) is 20.2 Å². The molecular formula is C11H10ClN5O3S. The Morgan fingerprint density at radius 2 is 2.05 bits per heavy atom. The van der Waals surface area contributed by atoms with Gasteiger partial charge in [0.15, 0.2) is 0 Å². The van der Waals surface area contributed by atoms with Crippen molar-refractivity contribution in [2.24, 2.45) is 0 Å². The predicted octanol–water partition coefficient (Wildman–Crippen LogP) is 1.14. The van der Waals surface area contributed by atoms with Crippen molar-refractivity contribution < 1.29 is 14.7 Å². The highest BCUT2D eigenvalue weighted by molar-refractivity contribution is 7.99. The standard InChI is InChI=1S/C11H10ClN5O3S/c12-7-1-3-8(4-2-7)13-9(18)6-21-11-14-15-16-17(11)5-10(19)20/h1-4H,5-6H2,(H,13,18)(H,19,20). The molecule has 1 aromatic heterocycles. The fourth-order valence-electron chi connectivity index (χ4n) is 1.39. The number of aromatic nitrogens is 4. The number of carbonyl (C=O) groups is 2. The van der Waals surface area contributed by atoms with Crippen LogP contribution in [0.25, 0.3) is 0 Å². The maximum Gasteiger partial charge on any atom is 0.325 e. The monoisotopic (exact) mass is 327 g/mol. The molecule has 21 heavy (non-hydrogen) atoms. The Kier molecular flexibility index (Phi) is 5.12. The maximum atomic E-state index is 11.8. The van der Waals surface area contributed by atoms with Gasteiger partial charge in [-0.15, -0.1) is 5.10 Å². The van der Waals surface area contributed by atoms with Crippen molar-refractivity contribution in [3.8, 4) is 0 Å². The molecule has 0 spiro atoms. The fourth-order valence-corrected chi connectivity index (χ4v) is 2.19.